The first-order chi connectivity index (χ1) is 11.0. The van der Waals surface area contributed by atoms with Crippen LogP contribution in [-0.4, -0.2) is 32.7 Å². The van der Waals surface area contributed by atoms with E-state index >= 15 is 0 Å². The second-order valence-corrected chi connectivity index (χ2v) is 5.17. The summed E-state index contributed by atoms with van der Waals surface area (Å²) in [6, 6.07) is 4.71. The zero-order valence-corrected chi connectivity index (χ0v) is 14.9. The molecule has 2 N–H and O–H groups in total. The van der Waals surface area contributed by atoms with E-state index in [4.69, 9.17) is 4.74 Å². The predicted octanol–water partition coefficient (Wildman–Crippen LogP) is 2.97. The molecule has 1 amide bonds. The minimum atomic E-state index is -2.94. The Morgan fingerprint density at radius 2 is 2.04 bits per heavy atom. The Morgan fingerprint density at radius 1 is 1.33 bits per heavy atom. The van der Waals surface area contributed by atoms with Gasteiger partial charge in [0.15, 0.2) is 0 Å². The molecular formula is C16H25ClF2N2O3. The van der Waals surface area contributed by atoms with Crippen molar-refractivity contribution in [3.63, 3.8) is 0 Å². The first-order valence-corrected chi connectivity index (χ1v) is 7.60. The van der Waals surface area contributed by atoms with Crippen LogP contribution >= 0.6 is 12.4 Å². The summed E-state index contributed by atoms with van der Waals surface area (Å²) in [5.74, 6) is 0.0941. The number of carbonyl (C=O) groups is 1. The molecule has 1 aromatic rings. The number of hydrogen-bond donors (Lipinski definition) is 2. The van der Waals surface area contributed by atoms with Crippen LogP contribution in [0, 0.1) is 5.92 Å². The molecule has 0 aromatic heterocycles. The standard InChI is InChI=1S/C16H24F2N2O3.ClH/c1-4-7-22-13-6-5-12(14(8-13)23-16(17)18)10-20-15(21)11(2)9-19-3;/h5-6,8,11,16,19H,4,7,9-10H2,1-3H3,(H,20,21);1H. The molecule has 0 aliphatic heterocycles. The van der Waals surface area contributed by atoms with Crippen LogP contribution in [0.2, 0.25) is 0 Å². The van der Waals surface area contributed by atoms with E-state index in [0.717, 1.165) is 6.42 Å². The van der Waals surface area contributed by atoms with Crippen molar-refractivity contribution in [1.29, 1.82) is 0 Å². The molecule has 5 nitrogen and oxygen atoms in total. The van der Waals surface area contributed by atoms with Gasteiger partial charge < -0.3 is 20.1 Å². The molecule has 1 atom stereocenters. The van der Waals surface area contributed by atoms with Crippen LogP contribution in [0.4, 0.5) is 8.78 Å². The number of hydrogen-bond acceptors (Lipinski definition) is 4. The summed E-state index contributed by atoms with van der Waals surface area (Å²) in [6.07, 6.45) is 0.812. The normalized spacial score (nSPS) is 11.6. The molecule has 0 saturated carbocycles. The molecule has 0 aliphatic carbocycles. The average molecular weight is 367 g/mol. The highest BCUT2D eigenvalue weighted by atomic mass is 35.5. The van der Waals surface area contributed by atoms with E-state index in [9.17, 15) is 13.6 Å². The molecule has 8 heteroatoms. The number of alkyl halides is 2. The molecule has 0 heterocycles. The molecule has 0 saturated heterocycles. The highest BCUT2D eigenvalue weighted by Crippen LogP contribution is 2.26. The van der Waals surface area contributed by atoms with Gasteiger partial charge in [0.2, 0.25) is 5.91 Å². The quantitative estimate of drug-likeness (QED) is 0.668. The summed E-state index contributed by atoms with van der Waals surface area (Å²) in [6.45, 7) is 1.94. The minimum Gasteiger partial charge on any atom is -0.493 e. The second-order valence-electron chi connectivity index (χ2n) is 5.17. The van der Waals surface area contributed by atoms with Crippen LogP contribution < -0.4 is 20.1 Å². The zero-order chi connectivity index (χ0) is 17.2. The van der Waals surface area contributed by atoms with Crippen LogP contribution in [0.5, 0.6) is 11.5 Å². The number of amides is 1. The maximum atomic E-state index is 12.6. The van der Waals surface area contributed by atoms with Crippen molar-refractivity contribution in [1.82, 2.24) is 10.6 Å². The topological polar surface area (TPSA) is 59.6 Å². The Bertz CT molecular complexity index is 504. The van der Waals surface area contributed by atoms with Gasteiger partial charge in [-0.3, -0.25) is 4.79 Å². The second kappa shape index (κ2) is 11.9. The highest BCUT2D eigenvalue weighted by Gasteiger charge is 2.15. The molecule has 24 heavy (non-hydrogen) atoms. The summed E-state index contributed by atoms with van der Waals surface area (Å²) in [5.41, 5.74) is 0.471. The lowest BCUT2D eigenvalue weighted by atomic mass is 10.1. The molecule has 1 unspecified atom stereocenters. The molecule has 138 valence electrons. The number of ether oxygens (including phenoxy) is 2. The summed E-state index contributed by atoms with van der Waals surface area (Å²) < 4.78 is 35.0. The fourth-order valence-electron chi connectivity index (χ4n) is 1.95. The Kier molecular flexibility index (Phi) is 11.1. The molecular weight excluding hydrogens is 342 g/mol. The van der Waals surface area contributed by atoms with Gasteiger partial charge in [0.1, 0.15) is 11.5 Å². The van der Waals surface area contributed by atoms with E-state index in [1.54, 1.807) is 26.1 Å². The lowest BCUT2D eigenvalue weighted by Crippen LogP contribution is -2.34. The van der Waals surface area contributed by atoms with Crippen molar-refractivity contribution >= 4 is 18.3 Å². The molecule has 0 aliphatic rings. The summed E-state index contributed by atoms with van der Waals surface area (Å²) in [7, 11) is 1.76. The predicted molar refractivity (Wildman–Crippen MR) is 91.0 cm³/mol. The fraction of sp³-hybridized carbons (Fsp3) is 0.562. The van der Waals surface area contributed by atoms with Crippen molar-refractivity contribution in [3.8, 4) is 11.5 Å². The van der Waals surface area contributed by atoms with Gasteiger partial charge in [0.25, 0.3) is 0 Å². The fourth-order valence-corrected chi connectivity index (χ4v) is 1.95. The average Bonchev–Trinajstić information content (AvgIpc) is 2.51. The van der Waals surface area contributed by atoms with Gasteiger partial charge >= 0.3 is 6.61 Å². The van der Waals surface area contributed by atoms with Gasteiger partial charge in [0.05, 0.1) is 6.61 Å². The van der Waals surface area contributed by atoms with Gasteiger partial charge in [-0.15, -0.1) is 12.4 Å². The van der Waals surface area contributed by atoms with Gasteiger partial charge in [-0.1, -0.05) is 13.8 Å². The third-order valence-corrected chi connectivity index (χ3v) is 3.14. The van der Waals surface area contributed by atoms with E-state index in [-0.39, 0.29) is 36.5 Å². The zero-order valence-electron chi connectivity index (χ0n) is 14.1. The molecule has 0 spiro atoms. The van der Waals surface area contributed by atoms with E-state index in [2.05, 4.69) is 15.4 Å². The minimum absolute atomic E-state index is 0. The first-order valence-electron chi connectivity index (χ1n) is 7.60. The van der Waals surface area contributed by atoms with Crippen LogP contribution in [0.15, 0.2) is 18.2 Å². The van der Waals surface area contributed by atoms with E-state index < -0.39 is 6.61 Å². The van der Waals surface area contributed by atoms with Gasteiger partial charge in [0, 0.05) is 30.6 Å². The van der Waals surface area contributed by atoms with Gasteiger partial charge in [-0.25, -0.2) is 0 Å². The largest absolute Gasteiger partial charge is 0.493 e. The molecule has 0 radical (unpaired) electrons. The summed E-state index contributed by atoms with van der Waals surface area (Å²) in [5, 5.41) is 5.62. The van der Waals surface area contributed by atoms with Crippen LogP contribution in [-0.2, 0) is 11.3 Å². The maximum absolute atomic E-state index is 12.6. The van der Waals surface area contributed by atoms with Crippen molar-refractivity contribution < 1.29 is 23.0 Å². The first kappa shape index (κ1) is 22.4. The molecule has 0 bridgehead atoms. The van der Waals surface area contributed by atoms with Crippen LogP contribution in [0.1, 0.15) is 25.8 Å². The molecule has 1 aromatic carbocycles. The molecule has 0 fully saturated rings. The Balaban J connectivity index is 0.00000529. The van der Waals surface area contributed by atoms with E-state index in [1.165, 1.54) is 6.07 Å². The van der Waals surface area contributed by atoms with E-state index in [1.807, 2.05) is 6.92 Å². The van der Waals surface area contributed by atoms with E-state index in [0.29, 0.717) is 24.5 Å². The number of nitrogens with one attached hydrogen (secondary N) is 2. The van der Waals surface area contributed by atoms with Crippen LogP contribution in [0.3, 0.4) is 0 Å². The number of benzene rings is 1. The van der Waals surface area contributed by atoms with Crippen molar-refractivity contribution in [2.24, 2.45) is 5.92 Å². The molecule has 1 rings (SSSR count). The van der Waals surface area contributed by atoms with Gasteiger partial charge in [-0.05, 0) is 25.6 Å². The van der Waals surface area contributed by atoms with Crippen molar-refractivity contribution in [2.75, 3.05) is 20.2 Å². The lowest BCUT2D eigenvalue weighted by molar-refractivity contribution is -0.124. The monoisotopic (exact) mass is 366 g/mol. The Morgan fingerprint density at radius 3 is 2.62 bits per heavy atom. The Hall–Kier alpha value is -1.60. The SMILES string of the molecule is CCCOc1ccc(CNC(=O)C(C)CNC)c(OC(F)F)c1.Cl. The summed E-state index contributed by atoms with van der Waals surface area (Å²) >= 11 is 0. The Labute approximate surface area is 147 Å². The smallest absolute Gasteiger partial charge is 0.387 e. The third kappa shape index (κ3) is 7.79. The third-order valence-electron chi connectivity index (χ3n) is 3.14. The highest BCUT2D eigenvalue weighted by molar-refractivity contribution is 5.85. The maximum Gasteiger partial charge on any atom is 0.387 e. The number of halogens is 3. The summed E-state index contributed by atoms with van der Waals surface area (Å²) in [4.78, 5) is 11.9. The van der Waals surface area contributed by atoms with Crippen LogP contribution in [0.25, 0.3) is 0 Å². The number of rotatable bonds is 10. The van der Waals surface area contributed by atoms with Crippen molar-refractivity contribution in [3.05, 3.63) is 23.8 Å². The van der Waals surface area contributed by atoms with Gasteiger partial charge in [-0.2, -0.15) is 8.78 Å². The van der Waals surface area contributed by atoms with Crippen molar-refractivity contribution in [2.45, 2.75) is 33.4 Å². The lowest BCUT2D eigenvalue weighted by Gasteiger charge is -2.15. The number of carbonyl (C=O) groups excluding carboxylic acids is 1.